The molecule has 0 aliphatic heterocycles. The average molecular weight is 406 g/mol. The van der Waals surface area contributed by atoms with E-state index in [0.29, 0.717) is 34.3 Å². The molecular formula is C22H26N6O2. The number of nitrogens with two attached hydrogens (primary N) is 1. The second-order valence-corrected chi connectivity index (χ2v) is 8.06. The van der Waals surface area contributed by atoms with Crippen LogP contribution in [0.5, 0.6) is 0 Å². The molecule has 0 saturated heterocycles. The number of nitrogen functional groups attached to an aromatic ring is 1. The zero-order valence-electron chi connectivity index (χ0n) is 17.8. The molecule has 1 fully saturated rings. The zero-order chi connectivity index (χ0) is 21.7. The molecule has 3 aromatic rings. The van der Waals surface area contributed by atoms with Crippen LogP contribution in [-0.2, 0) is 11.8 Å². The topological polar surface area (TPSA) is 115 Å². The van der Waals surface area contributed by atoms with Crippen molar-refractivity contribution in [3.05, 3.63) is 35.3 Å². The van der Waals surface area contributed by atoms with Crippen molar-refractivity contribution < 1.29 is 9.59 Å². The molecule has 3 heterocycles. The van der Waals surface area contributed by atoms with Gasteiger partial charge in [-0.1, -0.05) is 6.92 Å². The Kier molecular flexibility index (Phi) is 4.72. The molecule has 4 N–H and O–H groups in total. The summed E-state index contributed by atoms with van der Waals surface area (Å²) >= 11 is 0. The number of carbonyl (C=O) groups excluding carboxylic acids is 2. The van der Waals surface area contributed by atoms with Gasteiger partial charge >= 0.3 is 0 Å². The van der Waals surface area contributed by atoms with E-state index in [0.717, 1.165) is 28.6 Å². The Morgan fingerprint density at radius 1 is 1.27 bits per heavy atom. The lowest BCUT2D eigenvalue weighted by atomic mass is 10.0. The molecule has 8 nitrogen and oxygen atoms in total. The number of pyridine rings is 2. The summed E-state index contributed by atoms with van der Waals surface area (Å²) in [5.74, 6) is 1.19. The molecule has 1 aliphatic rings. The number of hydrogen-bond acceptors (Lipinski definition) is 5. The largest absolute Gasteiger partial charge is 0.383 e. The number of nitrogens with one attached hydrogen (secondary N) is 2. The molecule has 2 atom stereocenters. The second kappa shape index (κ2) is 7.12. The third-order valence-corrected chi connectivity index (χ3v) is 6.07. The summed E-state index contributed by atoms with van der Waals surface area (Å²) in [7, 11) is 3.47. The minimum atomic E-state index is -0.151. The number of rotatable bonds is 4. The molecule has 156 valence electrons. The number of anilines is 2. The van der Waals surface area contributed by atoms with Crippen molar-refractivity contribution in [2.75, 3.05) is 18.1 Å². The first-order valence-corrected chi connectivity index (χ1v) is 9.98. The second-order valence-electron chi connectivity index (χ2n) is 8.06. The van der Waals surface area contributed by atoms with Crippen LogP contribution in [0.2, 0.25) is 0 Å². The number of amides is 2. The molecule has 0 radical (unpaired) electrons. The smallest absolute Gasteiger partial charge is 0.267 e. The van der Waals surface area contributed by atoms with Crippen molar-refractivity contribution >= 4 is 34.2 Å². The highest BCUT2D eigenvalue weighted by Crippen LogP contribution is 2.38. The van der Waals surface area contributed by atoms with Gasteiger partial charge in [0.1, 0.15) is 17.3 Å². The first kappa shape index (κ1) is 19.9. The molecular weight excluding hydrogens is 380 g/mol. The van der Waals surface area contributed by atoms with Gasteiger partial charge in [0, 0.05) is 42.9 Å². The lowest BCUT2D eigenvalue weighted by Crippen LogP contribution is -2.21. The Balaban J connectivity index is 1.79. The van der Waals surface area contributed by atoms with Gasteiger partial charge in [-0.05, 0) is 49.3 Å². The SMILES string of the molecule is CNC(=O)c1c(C)c(-c2cc3cc(NC(=O)[C@@H]4C[C@H]4C)ncc3c(N)n2)c(C)n1C. The highest BCUT2D eigenvalue weighted by atomic mass is 16.2. The van der Waals surface area contributed by atoms with E-state index >= 15 is 0 Å². The van der Waals surface area contributed by atoms with Gasteiger partial charge in [-0.15, -0.1) is 0 Å². The van der Waals surface area contributed by atoms with Gasteiger partial charge in [0.2, 0.25) is 5.91 Å². The van der Waals surface area contributed by atoms with E-state index in [1.807, 2.05) is 37.6 Å². The number of fused-ring (bicyclic) bond motifs is 1. The molecule has 1 saturated carbocycles. The summed E-state index contributed by atoms with van der Waals surface area (Å²) < 4.78 is 1.86. The summed E-state index contributed by atoms with van der Waals surface area (Å²) in [5, 5.41) is 7.13. The molecule has 30 heavy (non-hydrogen) atoms. The van der Waals surface area contributed by atoms with Crippen molar-refractivity contribution in [3.8, 4) is 11.3 Å². The molecule has 3 aromatic heterocycles. The van der Waals surface area contributed by atoms with Gasteiger partial charge in [0.15, 0.2) is 0 Å². The van der Waals surface area contributed by atoms with Gasteiger partial charge in [-0.3, -0.25) is 9.59 Å². The number of hydrogen-bond donors (Lipinski definition) is 3. The molecule has 8 heteroatoms. The Morgan fingerprint density at radius 2 is 1.97 bits per heavy atom. The lowest BCUT2D eigenvalue weighted by molar-refractivity contribution is -0.117. The first-order chi connectivity index (χ1) is 14.2. The first-order valence-electron chi connectivity index (χ1n) is 9.98. The van der Waals surface area contributed by atoms with Crippen molar-refractivity contribution in [2.45, 2.75) is 27.2 Å². The van der Waals surface area contributed by atoms with Crippen molar-refractivity contribution in [1.29, 1.82) is 0 Å². The molecule has 0 unspecified atom stereocenters. The van der Waals surface area contributed by atoms with E-state index in [1.165, 1.54) is 0 Å². The van der Waals surface area contributed by atoms with Crippen LogP contribution < -0.4 is 16.4 Å². The minimum Gasteiger partial charge on any atom is -0.383 e. The monoisotopic (exact) mass is 406 g/mol. The highest BCUT2D eigenvalue weighted by molar-refractivity contribution is 6.00. The van der Waals surface area contributed by atoms with E-state index in [9.17, 15) is 9.59 Å². The Bertz CT molecular complexity index is 1200. The average Bonchev–Trinajstić information content (AvgIpc) is 3.39. The van der Waals surface area contributed by atoms with Crippen LogP contribution in [0.1, 0.15) is 35.1 Å². The van der Waals surface area contributed by atoms with Crippen LogP contribution in [0.15, 0.2) is 18.3 Å². The van der Waals surface area contributed by atoms with Gasteiger partial charge < -0.3 is 20.9 Å². The molecule has 1 aliphatic carbocycles. The van der Waals surface area contributed by atoms with Crippen LogP contribution in [-0.4, -0.2) is 33.4 Å². The van der Waals surface area contributed by atoms with Crippen LogP contribution in [0.4, 0.5) is 11.6 Å². The summed E-state index contributed by atoms with van der Waals surface area (Å²) in [6.07, 6.45) is 2.55. The van der Waals surface area contributed by atoms with Crippen LogP contribution in [0.3, 0.4) is 0 Å². The number of nitrogens with zero attached hydrogens (tertiary/aromatic N) is 3. The molecule has 2 amide bonds. The fourth-order valence-corrected chi connectivity index (χ4v) is 4.07. The third kappa shape index (κ3) is 3.18. The summed E-state index contributed by atoms with van der Waals surface area (Å²) in [5.41, 5.74) is 10.1. The van der Waals surface area contributed by atoms with Gasteiger partial charge in [0.05, 0.1) is 5.69 Å². The highest BCUT2D eigenvalue weighted by Gasteiger charge is 2.39. The predicted octanol–water partition coefficient (Wildman–Crippen LogP) is 2.79. The van der Waals surface area contributed by atoms with Crippen LogP contribution in [0.25, 0.3) is 22.0 Å². The van der Waals surface area contributed by atoms with E-state index in [-0.39, 0.29) is 17.7 Å². The van der Waals surface area contributed by atoms with E-state index in [2.05, 4.69) is 27.5 Å². The van der Waals surface area contributed by atoms with E-state index in [4.69, 9.17) is 5.73 Å². The maximum atomic E-state index is 12.3. The number of carbonyl (C=O) groups is 2. The summed E-state index contributed by atoms with van der Waals surface area (Å²) in [4.78, 5) is 33.5. The van der Waals surface area contributed by atoms with Crippen molar-refractivity contribution in [3.63, 3.8) is 0 Å². The Morgan fingerprint density at radius 3 is 2.60 bits per heavy atom. The third-order valence-electron chi connectivity index (χ3n) is 6.07. The van der Waals surface area contributed by atoms with E-state index < -0.39 is 0 Å². The molecule has 0 aromatic carbocycles. The molecule has 0 spiro atoms. The normalized spacial score (nSPS) is 17.8. The Labute approximate surface area is 174 Å². The maximum Gasteiger partial charge on any atom is 0.267 e. The quantitative estimate of drug-likeness (QED) is 0.616. The molecule has 0 bridgehead atoms. The van der Waals surface area contributed by atoms with Gasteiger partial charge in [0.25, 0.3) is 5.91 Å². The van der Waals surface area contributed by atoms with Gasteiger partial charge in [-0.2, -0.15) is 0 Å². The van der Waals surface area contributed by atoms with E-state index in [1.54, 1.807) is 13.2 Å². The standard InChI is InChI=1S/C22H26N6O2/c1-10-6-14(10)21(29)27-17-8-13-7-16(26-20(23)15(13)9-25-17)18-11(2)19(22(30)24-4)28(5)12(18)3/h7-10,14H,6H2,1-5H3,(H2,23,26)(H,24,30)(H,25,27,29)/t10-,14-/m1/s1. The number of aromatic nitrogens is 3. The maximum absolute atomic E-state index is 12.3. The minimum absolute atomic E-state index is 0.00145. The van der Waals surface area contributed by atoms with Crippen molar-refractivity contribution in [2.24, 2.45) is 18.9 Å². The summed E-state index contributed by atoms with van der Waals surface area (Å²) in [6, 6.07) is 3.74. The fraction of sp³-hybridized carbons (Fsp3) is 0.364. The predicted molar refractivity (Wildman–Crippen MR) is 117 cm³/mol. The Hall–Kier alpha value is -3.42. The van der Waals surface area contributed by atoms with Crippen molar-refractivity contribution in [1.82, 2.24) is 19.9 Å². The van der Waals surface area contributed by atoms with Gasteiger partial charge in [-0.25, -0.2) is 9.97 Å². The van der Waals surface area contributed by atoms with Crippen LogP contribution >= 0.6 is 0 Å². The fourth-order valence-electron chi connectivity index (χ4n) is 4.07. The molecule has 4 rings (SSSR count). The van der Waals surface area contributed by atoms with Crippen LogP contribution in [0, 0.1) is 25.7 Å². The lowest BCUT2D eigenvalue weighted by Gasteiger charge is -2.10. The summed E-state index contributed by atoms with van der Waals surface area (Å²) in [6.45, 7) is 5.92. The zero-order valence-corrected chi connectivity index (χ0v) is 17.8.